The van der Waals surface area contributed by atoms with E-state index in [2.05, 4.69) is 23.3 Å². The second-order valence-electron chi connectivity index (χ2n) is 5.78. The lowest BCUT2D eigenvalue weighted by molar-refractivity contribution is 0.0941. The predicted molar refractivity (Wildman–Crippen MR) is 83.2 cm³/mol. The SMILES string of the molecule is Cc1ccc(CNC(=O)c2nccc(C#N)c2F)cc1C1CC1. The number of pyridine rings is 1. The summed E-state index contributed by atoms with van der Waals surface area (Å²) < 4.78 is 13.9. The molecule has 1 fully saturated rings. The van der Waals surface area contributed by atoms with Crippen LogP contribution in [0.15, 0.2) is 30.5 Å². The number of rotatable bonds is 4. The number of nitrogens with one attached hydrogen (secondary N) is 1. The van der Waals surface area contributed by atoms with Gasteiger partial charge < -0.3 is 5.32 Å². The van der Waals surface area contributed by atoms with E-state index in [1.54, 1.807) is 6.07 Å². The Morgan fingerprint density at radius 2 is 2.22 bits per heavy atom. The van der Waals surface area contributed by atoms with Gasteiger partial charge in [0.25, 0.3) is 5.91 Å². The summed E-state index contributed by atoms with van der Waals surface area (Å²) in [6.07, 6.45) is 3.69. The summed E-state index contributed by atoms with van der Waals surface area (Å²) in [7, 11) is 0. The summed E-state index contributed by atoms with van der Waals surface area (Å²) in [5.41, 5.74) is 3.03. The molecule has 2 aromatic rings. The number of benzene rings is 1. The number of aromatic nitrogens is 1. The molecule has 1 aromatic heterocycles. The average Bonchev–Trinajstić information content (AvgIpc) is 3.39. The van der Waals surface area contributed by atoms with E-state index in [0.29, 0.717) is 12.5 Å². The standard InChI is InChI=1S/C18H16FN3O/c1-11-2-3-12(8-15(11)13-4-5-13)10-22-18(23)17-16(19)14(9-20)6-7-21-17/h2-3,6-8,13H,4-5,10H2,1H3,(H,22,23). The zero-order valence-corrected chi connectivity index (χ0v) is 12.8. The van der Waals surface area contributed by atoms with Crippen LogP contribution in [0.1, 0.15) is 51.5 Å². The fraction of sp³-hybridized carbons (Fsp3) is 0.278. The molecular formula is C18H16FN3O. The van der Waals surface area contributed by atoms with Crippen molar-refractivity contribution in [3.8, 4) is 6.07 Å². The van der Waals surface area contributed by atoms with E-state index in [-0.39, 0.29) is 11.3 Å². The van der Waals surface area contributed by atoms with Gasteiger partial charge in [0.15, 0.2) is 11.5 Å². The quantitative estimate of drug-likeness (QED) is 0.943. The first-order valence-corrected chi connectivity index (χ1v) is 7.52. The maximum atomic E-state index is 13.9. The Balaban J connectivity index is 1.72. The van der Waals surface area contributed by atoms with Gasteiger partial charge in [-0.1, -0.05) is 18.2 Å². The lowest BCUT2D eigenvalue weighted by atomic mass is 10.0. The van der Waals surface area contributed by atoms with Gasteiger partial charge in [-0.3, -0.25) is 4.79 Å². The second kappa shape index (κ2) is 6.17. The van der Waals surface area contributed by atoms with Gasteiger partial charge in [-0.15, -0.1) is 0 Å². The van der Waals surface area contributed by atoms with Gasteiger partial charge in [-0.25, -0.2) is 9.37 Å². The highest BCUT2D eigenvalue weighted by Gasteiger charge is 2.25. The zero-order valence-electron chi connectivity index (χ0n) is 12.8. The number of carbonyl (C=O) groups is 1. The van der Waals surface area contributed by atoms with Gasteiger partial charge in [0.05, 0.1) is 5.56 Å². The monoisotopic (exact) mass is 309 g/mol. The molecule has 1 amide bonds. The van der Waals surface area contributed by atoms with Gasteiger partial charge in [-0.05, 0) is 48.4 Å². The minimum atomic E-state index is -0.880. The van der Waals surface area contributed by atoms with Gasteiger partial charge in [0.2, 0.25) is 0 Å². The second-order valence-corrected chi connectivity index (χ2v) is 5.78. The minimum absolute atomic E-state index is 0.184. The molecule has 1 aliphatic rings. The third-order valence-corrected chi connectivity index (χ3v) is 4.04. The molecule has 3 rings (SSSR count). The number of nitrogens with zero attached hydrogens (tertiary/aromatic N) is 2. The van der Waals surface area contributed by atoms with Crippen molar-refractivity contribution in [2.45, 2.75) is 32.2 Å². The molecule has 1 heterocycles. The van der Waals surface area contributed by atoms with Crippen LogP contribution in [0.2, 0.25) is 0 Å². The number of carbonyl (C=O) groups excluding carboxylic acids is 1. The van der Waals surface area contributed by atoms with Crippen LogP contribution in [0.25, 0.3) is 0 Å². The molecule has 116 valence electrons. The Morgan fingerprint density at radius 1 is 1.43 bits per heavy atom. The highest BCUT2D eigenvalue weighted by atomic mass is 19.1. The topological polar surface area (TPSA) is 65.8 Å². The Hall–Kier alpha value is -2.74. The highest BCUT2D eigenvalue weighted by Crippen LogP contribution is 2.41. The number of halogens is 1. The van der Waals surface area contributed by atoms with Crippen LogP contribution in [0, 0.1) is 24.1 Å². The zero-order chi connectivity index (χ0) is 16.4. The number of amides is 1. The summed E-state index contributed by atoms with van der Waals surface area (Å²) >= 11 is 0. The van der Waals surface area contributed by atoms with Crippen molar-refractivity contribution in [2.24, 2.45) is 0 Å². The predicted octanol–water partition coefficient (Wildman–Crippen LogP) is 3.21. The lowest BCUT2D eigenvalue weighted by Gasteiger charge is -2.09. The average molecular weight is 309 g/mol. The van der Waals surface area contributed by atoms with E-state index < -0.39 is 11.7 Å². The number of hydrogen-bond acceptors (Lipinski definition) is 3. The van der Waals surface area contributed by atoms with E-state index in [9.17, 15) is 9.18 Å². The summed E-state index contributed by atoms with van der Waals surface area (Å²) in [6, 6.07) is 9.05. The Bertz CT molecular complexity index is 806. The van der Waals surface area contributed by atoms with Crippen LogP contribution in [-0.2, 0) is 6.54 Å². The van der Waals surface area contributed by atoms with Crippen molar-refractivity contribution in [3.05, 3.63) is 64.2 Å². The van der Waals surface area contributed by atoms with Gasteiger partial charge in [0, 0.05) is 12.7 Å². The van der Waals surface area contributed by atoms with Crippen LogP contribution in [-0.4, -0.2) is 10.9 Å². The highest BCUT2D eigenvalue weighted by molar-refractivity contribution is 5.92. The maximum Gasteiger partial charge on any atom is 0.273 e. The summed E-state index contributed by atoms with van der Waals surface area (Å²) in [5.74, 6) is -0.861. The van der Waals surface area contributed by atoms with Crippen molar-refractivity contribution in [1.82, 2.24) is 10.3 Å². The van der Waals surface area contributed by atoms with E-state index >= 15 is 0 Å². The normalized spacial score (nSPS) is 13.4. The van der Waals surface area contributed by atoms with Gasteiger partial charge in [-0.2, -0.15) is 5.26 Å². The smallest absolute Gasteiger partial charge is 0.273 e. The first-order valence-electron chi connectivity index (χ1n) is 7.52. The van der Waals surface area contributed by atoms with Gasteiger partial charge in [0.1, 0.15) is 6.07 Å². The molecule has 0 radical (unpaired) electrons. The van der Waals surface area contributed by atoms with E-state index in [1.165, 1.54) is 36.2 Å². The van der Waals surface area contributed by atoms with E-state index in [1.807, 2.05) is 12.1 Å². The first-order chi connectivity index (χ1) is 11.1. The molecule has 0 saturated heterocycles. The summed E-state index contributed by atoms with van der Waals surface area (Å²) in [4.78, 5) is 15.8. The lowest BCUT2D eigenvalue weighted by Crippen LogP contribution is -2.25. The Morgan fingerprint density at radius 3 is 2.91 bits per heavy atom. The molecule has 0 spiro atoms. The molecular weight excluding hydrogens is 293 g/mol. The Kier molecular flexibility index (Phi) is 4.07. The molecule has 0 aliphatic heterocycles. The van der Waals surface area contributed by atoms with Crippen molar-refractivity contribution in [1.29, 1.82) is 5.26 Å². The van der Waals surface area contributed by atoms with Crippen molar-refractivity contribution < 1.29 is 9.18 Å². The van der Waals surface area contributed by atoms with Gasteiger partial charge >= 0.3 is 0 Å². The number of aryl methyl sites for hydroxylation is 1. The first kappa shape index (κ1) is 15.2. The molecule has 0 atom stereocenters. The molecule has 0 bridgehead atoms. The van der Waals surface area contributed by atoms with Crippen molar-refractivity contribution >= 4 is 5.91 Å². The minimum Gasteiger partial charge on any atom is -0.347 e. The van der Waals surface area contributed by atoms with E-state index in [0.717, 1.165) is 5.56 Å². The van der Waals surface area contributed by atoms with Crippen LogP contribution in [0.3, 0.4) is 0 Å². The van der Waals surface area contributed by atoms with Crippen molar-refractivity contribution in [2.75, 3.05) is 0 Å². The molecule has 0 unspecified atom stereocenters. The molecule has 4 nitrogen and oxygen atoms in total. The molecule has 1 aliphatic carbocycles. The molecule has 1 saturated carbocycles. The van der Waals surface area contributed by atoms with E-state index in [4.69, 9.17) is 5.26 Å². The van der Waals surface area contributed by atoms with Crippen molar-refractivity contribution in [3.63, 3.8) is 0 Å². The largest absolute Gasteiger partial charge is 0.347 e. The summed E-state index contributed by atoms with van der Waals surface area (Å²) in [6.45, 7) is 2.39. The molecule has 1 N–H and O–H groups in total. The Labute approximate surface area is 134 Å². The number of nitriles is 1. The third kappa shape index (κ3) is 3.21. The molecule has 23 heavy (non-hydrogen) atoms. The van der Waals surface area contributed by atoms with Crippen LogP contribution >= 0.6 is 0 Å². The molecule has 5 heteroatoms. The third-order valence-electron chi connectivity index (χ3n) is 4.04. The fourth-order valence-electron chi connectivity index (χ4n) is 2.59. The number of hydrogen-bond donors (Lipinski definition) is 1. The fourth-order valence-corrected chi connectivity index (χ4v) is 2.59. The molecule has 1 aromatic carbocycles. The van der Waals surface area contributed by atoms with Crippen LogP contribution in [0.4, 0.5) is 4.39 Å². The summed E-state index contributed by atoms with van der Waals surface area (Å²) in [5, 5.41) is 11.5. The maximum absolute atomic E-state index is 13.9. The van der Waals surface area contributed by atoms with Crippen LogP contribution in [0.5, 0.6) is 0 Å². The van der Waals surface area contributed by atoms with Crippen LogP contribution < -0.4 is 5.32 Å².